The van der Waals surface area contributed by atoms with Crippen molar-refractivity contribution in [3.05, 3.63) is 11.8 Å². The first-order valence-electron chi connectivity index (χ1n) is 7.10. The molecule has 0 aromatic heterocycles. The highest BCUT2D eigenvalue weighted by molar-refractivity contribution is 5.97. The molecule has 0 heterocycles. The first kappa shape index (κ1) is 12.7. The zero-order valence-corrected chi connectivity index (χ0v) is 11.2. The third-order valence-corrected chi connectivity index (χ3v) is 4.25. The molecule has 0 saturated heterocycles. The van der Waals surface area contributed by atoms with Crippen molar-refractivity contribution in [3.63, 3.8) is 0 Å². The third kappa shape index (κ3) is 3.11. The highest BCUT2D eigenvalue weighted by Gasteiger charge is 2.33. The summed E-state index contributed by atoms with van der Waals surface area (Å²) in [5.41, 5.74) is 1.07. The Morgan fingerprint density at radius 1 is 1.06 bits per heavy atom. The summed E-state index contributed by atoms with van der Waals surface area (Å²) >= 11 is 0. The molecule has 0 aromatic rings. The van der Waals surface area contributed by atoms with Crippen LogP contribution in [0.4, 0.5) is 0 Å². The molecule has 2 aliphatic carbocycles. The van der Waals surface area contributed by atoms with Crippen molar-refractivity contribution in [1.82, 2.24) is 4.90 Å². The Kier molecular flexibility index (Phi) is 4.25. The molecule has 17 heavy (non-hydrogen) atoms. The molecule has 96 valence electrons. The molecule has 0 radical (unpaired) electrons. The lowest BCUT2D eigenvalue weighted by Crippen LogP contribution is -2.30. The first-order chi connectivity index (χ1) is 8.18. The Hall–Kier alpha value is -0.790. The Bertz CT molecular complexity index is 300. The molecule has 2 aliphatic rings. The molecule has 1 unspecified atom stereocenters. The van der Waals surface area contributed by atoms with Crippen LogP contribution in [0.15, 0.2) is 11.8 Å². The van der Waals surface area contributed by atoms with Gasteiger partial charge in [0.2, 0.25) is 0 Å². The number of hydrogen-bond donors (Lipinski definition) is 0. The van der Waals surface area contributed by atoms with Crippen molar-refractivity contribution in [2.75, 3.05) is 14.1 Å². The van der Waals surface area contributed by atoms with Crippen LogP contribution in [0.3, 0.4) is 0 Å². The summed E-state index contributed by atoms with van der Waals surface area (Å²) < 4.78 is 0. The summed E-state index contributed by atoms with van der Waals surface area (Å²) in [6.45, 7) is 0. The largest absolute Gasteiger partial charge is 0.383 e. The van der Waals surface area contributed by atoms with Crippen LogP contribution in [0.25, 0.3) is 0 Å². The van der Waals surface area contributed by atoms with Gasteiger partial charge in [0.25, 0.3) is 0 Å². The summed E-state index contributed by atoms with van der Waals surface area (Å²) in [6.07, 6.45) is 12.0. The summed E-state index contributed by atoms with van der Waals surface area (Å²) in [5.74, 6) is 1.48. The van der Waals surface area contributed by atoms with Crippen LogP contribution in [0.2, 0.25) is 0 Å². The fraction of sp³-hybridized carbons (Fsp3) is 0.800. The van der Waals surface area contributed by atoms with Gasteiger partial charge >= 0.3 is 0 Å². The maximum absolute atomic E-state index is 12.5. The van der Waals surface area contributed by atoms with Gasteiger partial charge in [-0.2, -0.15) is 0 Å². The standard InChI is InChI=1S/C15H25NO/c1-16(2)11-13-9-6-10-14(15(13)17)12-7-4-3-5-8-12/h11-12,14H,3-10H2,1-2H3/b13-11+. The number of carbonyl (C=O) groups excluding carboxylic acids is 1. The second-order valence-electron chi connectivity index (χ2n) is 5.88. The summed E-state index contributed by atoms with van der Waals surface area (Å²) in [5, 5.41) is 0. The maximum atomic E-state index is 12.5. The second-order valence-corrected chi connectivity index (χ2v) is 5.88. The van der Waals surface area contributed by atoms with Crippen molar-refractivity contribution in [2.24, 2.45) is 11.8 Å². The molecule has 0 amide bonds. The molecule has 2 fully saturated rings. The first-order valence-corrected chi connectivity index (χ1v) is 7.10. The van der Waals surface area contributed by atoms with Gasteiger partial charge in [-0.1, -0.05) is 19.3 Å². The van der Waals surface area contributed by atoms with Gasteiger partial charge in [0, 0.05) is 31.8 Å². The SMILES string of the molecule is CN(C)/C=C1\CCCC(C2CCCCC2)C1=O. The third-order valence-electron chi connectivity index (χ3n) is 4.25. The van der Waals surface area contributed by atoms with Crippen molar-refractivity contribution < 1.29 is 4.79 Å². The molecular weight excluding hydrogens is 210 g/mol. The molecule has 1 atom stereocenters. The van der Waals surface area contributed by atoms with Gasteiger partial charge in [-0.05, 0) is 38.0 Å². The molecule has 2 rings (SSSR count). The van der Waals surface area contributed by atoms with Gasteiger partial charge in [0.15, 0.2) is 5.78 Å². The maximum Gasteiger partial charge on any atom is 0.163 e. The van der Waals surface area contributed by atoms with E-state index in [0.717, 1.165) is 18.4 Å². The molecular formula is C15H25NO. The van der Waals surface area contributed by atoms with Crippen LogP contribution in [0.1, 0.15) is 51.4 Å². The van der Waals surface area contributed by atoms with Gasteiger partial charge in [0.1, 0.15) is 0 Å². The van der Waals surface area contributed by atoms with Crippen LogP contribution in [0.5, 0.6) is 0 Å². The number of rotatable bonds is 2. The number of allylic oxidation sites excluding steroid dienone is 1. The van der Waals surface area contributed by atoms with E-state index < -0.39 is 0 Å². The fourth-order valence-corrected chi connectivity index (χ4v) is 3.43. The van der Waals surface area contributed by atoms with Crippen molar-refractivity contribution >= 4 is 5.78 Å². The summed E-state index contributed by atoms with van der Waals surface area (Å²) in [4.78, 5) is 14.5. The molecule has 0 N–H and O–H groups in total. The van der Waals surface area contributed by atoms with Crippen LogP contribution < -0.4 is 0 Å². The van der Waals surface area contributed by atoms with Crippen LogP contribution in [0, 0.1) is 11.8 Å². The Morgan fingerprint density at radius 3 is 2.41 bits per heavy atom. The van der Waals surface area contributed by atoms with Gasteiger partial charge < -0.3 is 4.90 Å². The van der Waals surface area contributed by atoms with E-state index >= 15 is 0 Å². The minimum atomic E-state index is 0.343. The zero-order valence-electron chi connectivity index (χ0n) is 11.2. The van der Waals surface area contributed by atoms with E-state index in [9.17, 15) is 4.79 Å². The number of ketones is 1. The van der Waals surface area contributed by atoms with Gasteiger partial charge in [-0.3, -0.25) is 4.79 Å². The van der Waals surface area contributed by atoms with Gasteiger partial charge in [-0.25, -0.2) is 0 Å². The Balaban J connectivity index is 2.05. The average Bonchev–Trinajstić information content (AvgIpc) is 2.32. The quantitative estimate of drug-likeness (QED) is 0.684. The lowest BCUT2D eigenvalue weighted by atomic mass is 9.71. The van der Waals surface area contributed by atoms with Crippen LogP contribution in [-0.2, 0) is 4.79 Å². The monoisotopic (exact) mass is 235 g/mol. The Labute approximate surface area is 105 Å². The summed E-state index contributed by atoms with van der Waals surface area (Å²) in [6, 6.07) is 0. The highest BCUT2D eigenvalue weighted by Crippen LogP contribution is 2.37. The number of Topliss-reactive ketones (excluding diaryl/α,β-unsaturated/α-hetero) is 1. The smallest absolute Gasteiger partial charge is 0.163 e. The molecule has 0 aliphatic heterocycles. The van der Waals surface area contributed by atoms with E-state index in [4.69, 9.17) is 0 Å². The predicted molar refractivity (Wildman–Crippen MR) is 70.7 cm³/mol. The van der Waals surface area contributed by atoms with Crippen LogP contribution >= 0.6 is 0 Å². The van der Waals surface area contributed by atoms with E-state index in [0.29, 0.717) is 17.6 Å². The molecule has 0 bridgehead atoms. The lowest BCUT2D eigenvalue weighted by molar-refractivity contribution is -0.122. The van der Waals surface area contributed by atoms with E-state index in [2.05, 4.69) is 0 Å². The second kappa shape index (κ2) is 5.70. The molecule has 2 nitrogen and oxygen atoms in total. The average molecular weight is 235 g/mol. The van der Waals surface area contributed by atoms with E-state index in [1.165, 1.54) is 38.5 Å². The van der Waals surface area contributed by atoms with Crippen LogP contribution in [-0.4, -0.2) is 24.8 Å². The minimum absolute atomic E-state index is 0.343. The fourth-order valence-electron chi connectivity index (χ4n) is 3.43. The summed E-state index contributed by atoms with van der Waals surface area (Å²) in [7, 11) is 4.01. The van der Waals surface area contributed by atoms with E-state index in [1.807, 2.05) is 25.2 Å². The van der Waals surface area contributed by atoms with E-state index in [-0.39, 0.29) is 0 Å². The van der Waals surface area contributed by atoms with Crippen molar-refractivity contribution in [2.45, 2.75) is 51.4 Å². The molecule has 2 saturated carbocycles. The van der Waals surface area contributed by atoms with Crippen molar-refractivity contribution in [3.8, 4) is 0 Å². The minimum Gasteiger partial charge on any atom is -0.383 e. The van der Waals surface area contributed by atoms with Gasteiger partial charge in [-0.15, -0.1) is 0 Å². The lowest BCUT2D eigenvalue weighted by Gasteiger charge is -2.33. The number of carbonyl (C=O) groups is 1. The predicted octanol–water partition coefficient (Wildman–Crippen LogP) is 3.38. The number of nitrogens with zero attached hydrogens (tertiary/aromatic N) is 1. The van der Waals surface area contributed by atoms with Crippen molar-refractivity contribution in [1.29, 1.82) is 0 Å². The zero-order chi connectivity index (χ0) is 12.3. The van der Waals surface area contributed by atoms with E-state index in [1.54, 1.807) is 0 Å². The topological polar surface area (TPSA) is 20.3 Å². The molecule has 2 heteroatoms. The molecule has 0 spiro atoms. The Morgan fingerprint density at radius 2 is 1.76 bits per heavy atom. The number of hydrogen-bond acceptors (Lipinski definition) is 2. The van der Waals surface area contributed by atoms with Gasteiger partial charge in [0.05, 0.1) is 0 Å². The molecule has 0 aromatic carbocycles. The highest BCUT2D eigenvalue weighted by atomic mass is 16.1. The normalized spacial score (nSPS) is 29.6.